The SMILES string of the molecule is Nc1cc(F)cc(-c2nnc(-c3ccccc3)o2)c1. The first kappa shape index (κ1) is 11.4. The highest BCUT2D eigenvalue weighted by atomic mass is 19.1. The van der Waals surface area contributed by atoms with Gasteiger partial charge in [0.25, 0.3) is 0 Å². The van der Waals surface area contributed by atoms with Crippen molar-refractivity contribution >= 4 is 5.69 Å². The van der Waals surface area contributed by atoms with Gasteiger partial charge in [-0.3, -0.25) is 0 Å². The molecule has 0 bridgehead atoms. The molecule has 0 saturated carbocycles. The molecule has 0 atom stereocenters. The minimum atomic E-state index is -0.436. The van der Waals surface area contributed by atoms with E-state index in [9.17, 15) is 4.39 Å². The highest BCUT2D eigenvalue weighted by Gasteiger charge is 2.11. The Morgan fingerprint density at radius 1 is 0.895 bits per heavy atom. The molecule has 3 aromatic rings. The van der Waals surface area contributed by atoms with E-state index in [1.165, 1.54) is 12.1 Å². The van der Waals surface area contributed by atoms with E-state index in [-0.39, 0.29) is 5.89 Å². The molecule has 0 aliphatic carbocycles. The molecule has 0 radical (unpaired) electrons. The fourth-order valence-corrected chi connectivity index (χ4v) is 1.77. The number of aromatic nitrogens is 2. The van der Waals surface area contributed by atoms with Crippen LogP contribution in [0.3, 0.4) is 0 Å². The van der Waals surface area contributed by atoms with Crippen LogP contribution in [0.2, 0.25) is 0 Å². The number of nitrogen functional groups attached to an aromatic ring is 1. The molecule has 0 fully saturated rings. The number of halogens is 1. The molecule has 0 spiro atoms. The Balaban J connectivity index is 2.02. The summed E-state index contributed by atoms with van der Waals surface area (Å²) in [5, 5.41) is 7.85. The number of hydrogen-bond acceptors (Lipinski definition) is 4. The van der Waals surface area contributed by atoms with E-state index in [4.69, 9.17) is 10.2 Å². The molecule has 19 heavy (non-hydrogen) atoms. The van der Waals surface area contributed by atoms with Crippen LogP contribution in [0, 0.1) is 5.82 Å². The van der Waals surface area contributed by atoms with Crippen LogP contribution in [0.1, 0.15) is 0 Å². The predicted octanol–water partition coefficient (Wildman–Crippen LogP) is 3.12. The Morgan fingerprint density at radius 3 is 2.26 bits per heavy atom. The zero-order valence-corrected chi connectivity index (χ0v) is 9.88. The average molecular weight is 255 g/mol. The van der Waals surface area contributed by atoms with Crippen molar-refractivity contribution in [3.05, 3.63) is 54.3 Å². The third kappa shape index (κ3) is 2.30. The van der Waals surface area contributed by atoms with Crippen molar-refractivity contribution in [1.29, 1.82) is 0 Å². The second kappa shape index (κ2) is 4.53. The van der Waals surface area contributed by atoms with Crippen molar-refractivity contribution in [2.45, 2.75) is 0 Å². The van der Waals surface area contributed by atoms with Gasteiger partial charge in [0.15, 0.2) is 0 Å². The van der Waals surface area contributed by atoms with Gasteiger partial charge in [0.05, 0.1) is 0 Å². The lowest BCUT2D eigenvalue weighted by molar-refractivity contribution is 0.582. The molecule has 0 saturated heterocycles. The summed E-state index contributed by atoms with van der Waals surface area (Å²) in [6.45, 7) is 0. The van der Waals surface area contributed by atoms with Crippen LogP contribution in [-0.4, -0.2) is 10.2 Å². The van der Waals surface area contributed by atoms with Crippen molar-refractivity contribution in [2.24, 2.45) is 0 Å². The Bertz CT molecular complexity index is 689. The van der Waals surface area contributed by atoms with Crippen molar-refractivity contribution in [1.82, 2.24) is 10.2 Å². The maximum Gasteiger partial charge on any atom is 0.248 e. The first-order chi connectivity index (χ1) is 9.22. The minimum absolute atomic E-state index is 0.241. The largest absolute Gasteiger partial charge is 0.416 e. The van der Waals surface area contributed by atoms with Crippen LogP contribution < -0.4 is 5.73 Å². The van der Waals surface area contributed by atoms with Gasteiger partial charge in [-0.05, 0) is 30.3 Å². The molecule has 2 aromatic carbocycles. The number of nitrogens with two attached hydrogens (primary N) is 1. The lowest BCUT2D eigenvalue weighted by atomic mass is 10.2. The Hall–Kier alpha value is -2.69. The van der Waals surface area contributed by atoms with Crippen LogP contribution >= 0.6 is 0 Å². The summed E-state index contributed by atoms with van der Waals surface area (Å²) in [7, 11) is 0. The third-order valence-corrected chi connectivity index (χ3v) is 2.61. The monoisotopic (exact) mass is 255 g/mol. The molecule has 5 heteroatoms. The van der Waals surface area contributed by atoms with Gasteiger partial charge in [-0.15, -0.1) is 10.2 Å². The molecule has 3 rings (SSSR count). The number of benzene rings is 2. The molecule has 0 unspecified atom stereocenters. The molecule has 0 aliphatic rings. The van der Waals surface area contributed by atoms with Gasteiger partial charge >= 0.3 is 0 Å². The molecule has 2 N–H and O–H groups in total. The zero-order valence-electron chi connectivity index (χ0n) is 9.88. The normalized spacial score (nSPS) is 10.6. The quantitative estimate of drug-likeness (QED) is 0.714. The highest BCUT2D eigenvalue weighted by Crippen LogP contribution is 2.25. The second-order valence-corrected chi connectivity index (χ2v) is 4.05. The number of hydrogen-bond donors (Lipinski definition) is 1. The molecule has 0 aliphatic heterocycles. The summed E-state index contributed by atoms with van der Waals surface area (Å²) < 4.78 is 18.8. The standard InChI is InChI=1S/C14H10FN3O/c15-11-6-10(7-12(16)8-11)14-18-17-13(19-14)9-4-2-1-3-5-9/h1-8H,16H2. The fourth-order valence-electron chi connectivity index (χ4n) is 1.77. The first-order valence-corrected chi connectivity index (χ1v) is 5.68. The average Bonchev–Trinajstić information content (AvgIpc) is 2.88. The molecular formula is C14H10FN3O. The lowest BCUT2D eigenvalue weighted by Crippen LogP contribution is -1.88. The van der Waals surface area contributed by atoms with Crippen LogP contribution in [0.4, 0.5) is 10.1 Å². The van der Waals surface area contributed by atoms with Gasteiger partial charge in [0, 0.05) is 16.8 Å². The number of anilines is 1. The Kier molecular flexibility index (Phi) is 2.72. The summed E-state index contributed by atoms with van der Waals surface area (Å²) in [5.41, 5.74) is 7.17. The maximum absolute atomic E-state index is 13.3. The number of nitrogens with zero attached hydrogens (tertiary/aromatic N) is 2. The predicted molar refractivity (Wildman–Crippen MR) is 69.5 cm³/mol. The molecule has 94 valence electrons. The van der Waals surface area contributed by atoms with Crippen LogP contribution in [0.15, 0.2) is 52.9 Å². The Morgan fingerprint density at radius 2 is 1.58 bits per heavy atom. The Labute approximate surface area is 108 Å². The molecular weight excluding hydrogens is 245 g/mol. The van der Waals surface area contributed by atoms with Crippen molar-refractivity contribution < 1.29 is 8.81 Å². The summed E-state index contributed by atoms with van der Waals surface area (Å²) in [6.07, 6.45) is 0. The summed E-state index contributed by atoms with van der Waals surface area (Å²) in [4.78, 5) is 0. The molecule has 1 heterocycles. The van der Waals surface area contributed by atoms with Gasteiger partial charge in [-0.2, -0.15) is 0 Å². The number of rotatable bonds is 2. The van der Waals surface area contributed by atoms with E-state index in [1.54, 1.807) is 6.07 Å². The van der Waals surface area contributed by atoms with E-state index in [1.807, 2.05) is 30.3 Å². The topological polar surface area (TPSA) is 64.9 Å². The van der Waals surface area contributed by atoms with Crippen LogP contribution in [0.25, 0.3) is 22.9 Å². The van der Waals surface area contributed by atoms with Crippen molar-refractivity contribution in [2.75, 3.05) is 5.73 Å². The van der Waals surface area contributed by atoms with Gasteiger partial charge in [0.1, 0.15) is 5.82 Å². The summed E-state index contributed by atoms with van der Waals surface area (Å²) in [5.74, 6) is 0.193. The van der Waals surface area contributed by atoms with E-state index < -0.39 is 5.82 Å². The van der Waals surface area contributed by atoms with E-state index in [2.05, 4.69) is 10.2 Å². The fraction of sp³-hybridized carbons (Fsp3) is 0. The van der Waals surface area contributed by atoms with Gasteiger partial charge in [-0.25, -0.2) is 4.39 Å². The van der Waals surface area contributed by atoms with E-state index in [0.29, 0.717) is 17.1 Å². The molecule has 1 aromatic heterocycles. The van der Waals surface area contributed by atoms with E-state index in [0.717, 1.165) is 5.56 Å². The minimum Gasteiger partial charge on any atom is -0.416 e. The summed E-state index contributed by atoms with van der Waals surface area (Å²) in [6, 6.07) is 13.5. The third-order valence-electron chi connectivity index (χ3n) is 2.61. The van der Waals surface area contributed by atoms with Gasteiger partial charge < -0.3 is 10.2 Å². The lowest BCUT2D eigenvalue weighted by Gasteiger charge is -1.98. The van der Waals surface area contributed by atoms with Gasteiger partial charge in [0.2, 0.25) is 11.8 Å². The smallest absolute Gasteiger partial charge is 0.248 e. The van der Waals surface area contributed by atoms with Crippen molar-refractivity contribution in [3.8, 4) is 22.9 Å². The maximum atomic E-state index is 13.3. The summed E-state index contributed by atoms with van der Waals surface area (Å²) >= 11 is 0. The first-order valence-electron chi connectivity index (χ1n) is 5.68. The zero-order chi connectivity index (χ0) is 13.2. The molecule has 0 amide bonds. The second-order valence-electron chi connectivity index (χ2n) is 4.05. The highest BCUT2D eigenvalue weighted by molar-refractivity contribution is 5.61. The van der Waals surface area contributed by atoms with Gasteiger partial charge in [-0.1, -0.05) is 18.2 Å². The van der Waals surface area contributed by atoms with Crippen molar-refractivity contribution in [3.63, 3.8) is 0 Å². The van der Waals surface area contributed by atoms with Crippen LogP contribution in [-0.2, 0) is 0 Å². The molecule has 4 nitrogen and oxygen atoms in total. The van der Waals surface area contributed by atoms with Crippen LogP contribution in [0.5, 0.6) is 0 Å². The van der Waals surface area contributed by atoms with E-state index >= 15 is 0 Å².